The topological polar surface area (TPSA) is 0 Å². The van der Waals surface area contributed by atoms with Crippen LogP contribution in [0.1, 0.15) is 70.6 Å². The average molecular weight is 207 g/mol. The fourth-order valence-corrected chi connectivity index (χ4v) is 3.24. The zero-order chi connectivity index (χ0) is 10.5. The summed E-state index contributed by atoms with van der Waals surface area (Å²) in [5.41, 5.74) is 0. The molecule has 15 heavy (non-hydrogen) atoms. The Bertz CT molecular complexity index is 165. The maximum Gasteiger partial charge on any atom is -0.0386 e. The molecule has 0 aromatic carbocycles. The fourth-order valence-electron chi connectivity index (χ4n) is 3.24. The van der Waals surface area contributed by atoms with Gasteiger partial charge in [-0.1, -0.05) is 77.6 Å². The van der Waals surface area contributed by atoms with Gasteiger partial charge < -0.3 is 0 Å². The van der Waals surface area contributed by atoms with Crippen LogP contribution in [0.4, 0.5) is 0 Å². The molecule has 0 saturated heterocycles. The van der Waals surface area contributed by atoms with Crippen LogP contribution in [0.3, 0.4) is 0 Å². The standard InChI is InChI=1S/C15H27/c1-2-6-14(15-11-5-12-15)10-4-9-13-7-3-8-13/h13-15H,1-12H2. The van der Waals surface area contributed by atoms with E-state index >= 15 is 0 Å². The van der Waals surface area contributed by atoms with Crippen LogP contribution >= 0.6 is 0 Å². The van der Waals surface area contributed by atoms with Crippen molar-refractivity contribution in [3.05, 3.63) is 6.92 Å². The van der Waals surface area contributed by atoms with Crippen molar-refractivity contribution in [3.8, 4) is 0 Å². The van der Waals surface area contributed by atoms with Crippen LogP contribution in [0.25, 0.3) is 0 Å². The Kier molecular flexibility index (Phi) is 4.53. The monoisotopic (exact) mass is 207 g/mol. The van der Waals surface area contributed by atoms with Crippen molar-refractivity contribution in [2.75, 3.05) is 0 Å². The molecule has 0 heteroatoms. The van der Waals surface area contributed by atoms with Gasteiger partial charge in [-0.15, -0.1) is 0 Å². The third kappa shape index (κ3) is 3.23. The summed E-state index contributed by atoms with van der Waals surface area (Å²) >= 11 is 0. The van der Waals surface area contributed by atoms with Gasteiger partial charge in [0.25, 0.3) is 0 Å². The maximum absolute atomic E-state index is 4.04. The van der Waals surface area contributed by atoms with Crippen LogP contribution in [0.15, 0.2) is 0 Å². The van der Waals surface area contributed by atoms with Crippen LogP contribution in [-0.4, -0.2) is 0 Å². The summed E-state index contributed by atoms with van der Waals surface area (Å²) in [6, 6.07) is 0. The van der Waals surface area contributed by atoms with Crippen LogP contribution in [0.2, 0.25) is 0 Å². The highest BCUT2D eigenvalue weighted by atomic mass is 14.3. The van der Waals surface area contributed by atoms with E-state index in [-0.39, 0.29) is 0 Å². The smallest absolute Gasteiger partial charge is 0.0386 e. The summed E-state index contributed by atoms with van der Waals surface area (Å²) in [7, 11) is 0. The zero-order valence-electron chi connectivity index (χ0n) is 10.2. The van der Waals surface area contributed by atoms with E-state index in [1.807, 2.05) is 0 Å². The molecule has 1 radical (unpaired) electrons. The van der Waals surface area contributed by atoms with E-state index in [1.54, 1.807) is 0 Å². The largest absolute Gasteiger partial charge is 0.0533 e. The second kappa shape index (κ2) is 5.92. The fraction of sp³-hybridized carbons (Fsp3) is 0.933. The first kappa shape index (κ1) is 11.5. The molecular formula is C15H27. The van der Waals surface area contributed by atoms with E-state index in [2.05, 4.69) is 6.92 Å². The van der Waals surface area contributed by atoms with Gasteiger partial charge in [0.15, 0.2) is 0 Å². The highest BCUT2D eigenvalue weighted by Crippen LogP contribution is 2.39. The number of rotatable bonds is 7. The lowest BCUT2D eigenvalue weighted by atomic mass is 9.71. The Morgan fingerprint density at radius 3 is 2.20 bits per heavy atom. The molecule has 0 amide bonds. The molecule has 0 heterocycles. The lowest BCUT2D eigenvalue weighted by molar-refractivity contribution is 0.175. The highest BCUT2D eigenvalue weighted by Gasteiger charge is 2.26. The quantitative estimate of drug-likeness (QED) is 0.552. The van der Waals surface area contributed by atoms with E-state index in [0.717, 1.165) is 24.2 Å². The predicted octanol–water partition coefficient (Wildman–Crippen LogP) is 4.99. The maximum atomic E-state index is 4.04. The van der Waals surface area contributed by atoms with Crippen LogP contribution < -0.4 is 0 Å². The van der Waals surface area contributed by atoms with Crippen molar-refractivity contribution in [1.29, 1.82) is 0 Å². The summed E-state index contributed by atoms with van der Waals surface area (Å²) in [5, 5.41) is 0. The van der Waals surface area contributed by atoms with Crippen molar-refractivity contribution in [2.24, 2.45) is 17.8 Å². The molecule has 1 atom stereocenters. The van der Waals surface area contributed by atoms with Crippen molar-refractivity contribution < 1.29 is 0 Å². The Hall–Kier alpha value is 0. The summed E-state index contributed by atoms with van der Waals surface area (Å²) in [6.07, 6.45) is 16.2. The van der Waals surface area contributed by atoms with Crippen molar-refractivity contribution >= 4 is 0 Å². The van der Waals surface area contributed by atoms with Crippen LogP contribution in [0.5, 0.6) is 0 Å². The molecular weight excluding hydrogens is 180 g/mol. The lowest BCUT2D eigenvalue weighted by Gasteiger charge is -2.34. The van der Waals surface area contributed by atoms with E-state index in [9.17, 15) is 0 Å². The first-order valence-corrected chi connectivity index (χ1v) is 7.19. The van der Waals surface area contributed by atoms with Gasteiger partial charge in [0, 0.05) is 0 Å². The van der Waals surface area contributed by atoms with Crippen molar-refractivity contribution in [3.63, 3.8) is 0 Å². The summed E-state index contributed by atoms with van der Waals surface area (Å²) in [5.74, 6) is 3.25. The molecule has 0 aromatic rings. The Morgan fingerprint density at radius 2 is 1.73 bits per heavy atom. The summed E-state index contributed by atoms with van der Waals surface area (Å²) < 4.78 is 0. The zero-order valence-corrected chi connectivity index (χ0v) is 10.2. The van der Waals surface area contributed by atoms with Gasteiger partial charge in [-0.05, 0) is 17.8 Å². The SMILES string of the molecule is [CH2]CCC(CCCC1CCC1)C1CCC1. The Labute approximate surface area is 95.8 Å². The molecule has 0 nitrogen and oxygen atoms in total. The lowest BCUT2D eigenvalue weighted by Crippen LogP contribution is -2.22. The Balaban J connectivity index is 1.59. The van der Waals surface area contributed by atoms with Crippen LogP contribution in [-0.2, 0) is 0 Å². The molecule has 2 rings (SSSR count). The number of hydrogen-bond donors (Lipinski definition) is 0. The molecule has 2 saturated carbocycles. The first-order chi connectivity index (χ1) is 7.40. The van der Waals surface area contributed by atoms with E-state index in [0.29, 0.717) is 0 Å². The van der Waals surface area contributed by atoms with Gasteiger partial charge in [0.2, 0.25) is 0 Å². The minimum atomic E-state index is 1.04. The second-order valence-electron chi connectivity index (χ2n) is 5.82. The van der Waals surface area contributed by atoms with Gasteiger partial charge >= 0.3 is 0 Å². The molecule has 0 aliphatic heterocycles. The highest BCUT2D eigenvalue weighted by molar-refractivity contribution is 4.79. The minimum Gasteiger partial charge on any atom is -0.0533 e. The van der Waals surface area contributed by atoms with Crippen molar-refractivity contribution in [2.45, 2.75) is 70.6 Å². The normalized spacial score (nSPS) is 24.6. The van der Waals surface area contributed by atoms with Gasteiger partial charge in [-0.2, -0.15) is 0 Å². The molecule has 0 spiro atoms. The predicted molar refractivity (Wildman–Crippen MR) is 66.6 cm³/mol. The molecule has 0 aromatic heterocycles. The Morgan fingerprint density at radius 1 is 1.00 bits per heavy atom. The molecule has 0 bridgehead atoms. The molecule has 2 fully saturated rings. The van der Waals surface area contributed by atoms with Gasteiger partial charge in [-0.25, -0.2) is 0 Å². The molecule has 0 N–H and O–H groups in total. The van der Waals surface area contributed by atoms with Gasteiger partial charge in [-0.3, -0.25) is 0 Å². The summed E-state index contributed by atoms with van der Waals surface area (Å²) in [6.45, 7) is 4.04. The van der Waals surface area contributed by atoms with E-state index in [4.69, 9.17) is 0 Å². The molecule has 2 aliphatic carbocycles. The van der Waals surface area contributed by atoms with Crippen LogP contribution in [0, 0.1) is 24.7 Å². The third-order valence-electron chi connectivity index (χ3n) is 4.80. The van der Waals surface area contributed by atoms with Gasteiger partial charge in [0.05, 0.1) is 0 Å². The van der Waals surface area contributed by atoms with E-state index in [1.165, 1.54) is 64.2 Å². The summed E-state index contributed by atoms with van der Waals surface area (Å²) in [4.78, 5) is 0. The molecule has 87 valence electrons. The van der Waals surface area contributed by atoms with E-state index < -0.39 is 0 Å². The number of hydrogen-bond acceptors (Lipinski definition) is 0. The van der Waals surface area contributed by atoms with Crippen molar-refractivity contribution in [1.82, 2.24) is 0 Å². The third-order valence-corrected chi connectivity index (χ3v) is 4.80. The molecule has 1 unspecified atom stereocenters. The second-order valence-corrected chi connectivity index (χ2v) is 5.82. The van der Waals surface area contributed by atoms with Gasteiger partial charge in [0.1, 0.15) is 0 Å². The first-order valence-electron chi connectivity index (χ1n) is 7.19. The molecule has 2 aliphatic rings. The average Bonchev–Trinajstić information content (AvgIpc) is 2.06. The minimum absolute atomic E-state index is 1.04.